The molecule has 0 aromatic rings. The Kier molecular flexibility index (Phi) is 5.82. The van der Waals surface area contributed by atoms with E-state index in [1.165, 1.54) is 0 Å². The second kappa shape index (κ2) is 6.07. The van der Waals surface area contributed by atoms with Gasteiger partial charge in [-0.15, -0.1) is 0 Å². The third-order valence-corrected chi connectivity index (χ3v) is 3.05. The van der Waals surface area contributed by atoms with Gasteiger partial charge in [0, 0.05) is 25.3 Å². The van der Waals surface area contributed by atoms with Crippen molar-refractivity contribution in [1.29, 1.82) is 0 Å². The number of carbonyl (C=O) groups is 1. The van der Waals surface area contributed by atoms with Gasteiger partial charge in [-0.3, -0.25) is 4.79 Å². The number of sulfone groups is 1. The number of hydrogen-bond acceptors (Lipinski definition) is 4. The molecule has 0 rings (SSSR count). The molecule has 90 valence electrons. The van der Waals surface area contributed by atoms with Crippen molar-refractivity contribution in [3.8, 4) is 0 Å². The van der Waals surface area contributed by atoms with Crippen LogP contribution in [0.25, 0.3) is 0 Å². The highest BCUT2D eigenvalue weighted by Crippen LogP contribution is 2.00. The average Bonchev–Trinajstić information content (AvgIpc) is 2.09. The molecule has 15 heavy (non-hydrogen) atoms. The van der Waals surface area contributed by atoms with Gasteiger partial charge in [0.1, 0.15) is 9.84 Å². The Labute approximate surface area is 91.3 Å². The molecular formula is C9H20N2O3S. The minimum atomic E-state index is -3.07. The molecule has 0 fully saturated rings. The van der Waals surface area contributed by atoms with Gasteiger partial charge in [0.15, 0.2) is 0 Å². The van der Waals surface area contributed by atoms with E-state index >= 15 is 0 Å². The molecule has 0 spiro atoms. The summed E-state index contributed by atoms with van der Waals surface area (Å²) in [4.78, 5) is 11.3. The molecule has 6 heteroatoms. The Morgan fingerprint density at radius 3 is 2.27 bits per heavy atom. The minimum absolute atomic E-state index is 0.00204. The smallest absolute Gasteiger partial charge is 0.221 e. The van der Waals surface area contributed by atoms with Crippen molar-refractivity contribution in [3.05, 3.63) is 0 Å². The highest BCUT2D eigenvalue weighted by Gasteiger charge is 2.15. The van der Waals surface area contributed by atoms with Crippen LogP contribution in [0.1, 0.15) is 20.3 Å². The SMILES string of the molecule is CC(C)C(CN)NC(=O)CCS(C)(=O)=O. The summed E-state index contributed by atoms with van der Waals surface area (Å²) in [6.45, 7) is 4.27. The van der Waals surface area contributed by atoms with Gasteiger partial charge in [-0.05, 0) is 5.92 Å². The predicted octanol–water partition coefficient (Wildman–Crippen LogP) is -0.479. The molecule has 1 unspecified atom stereocenters. The van der Waals surface area contributed by atoms with E-state index < -0.39 is 9.84 Å². The number of rotatable bonds is 6. The number of hydrogen-bond donors (Lipinski definition) is 2. The lowest BCUT2D eigenvalue weighted by molar-refractivity contribution is -0.121. The van der Waals surface area contributed by atoms with Gasteiger partial charge in [0.2, 0.25) is 5.91 Å². The zero-order valence-corrected chi connectivity index (χ0v) is 10.3. The highest BCUT2D eigenvalue weighted by molar-refractivity contribution is 7.90. The second-order valence-electron chi connectivity index (χ2n) is 4.03. The summed E-state index contributed by atoms with van der Waals surface area (Å²) in [5.41, 5.74) is 5.47. The molecule has 0 saturated carbocycles. The zero-order valence-electron chi connectivity index (χ0n) is 9.49. The lowest BCUT2D eigenvalue weighted by atomic mass is 10.0. The number of nitrogens with one attached hydrogen (secondary N) is 1. The van der Waals surface area contributed by atoms with Crippen LogP contribution in [0.3, 0.4) is 0 Å². The van der Waals surface area contributed by atoms with Gasteiger partial charge in [0.25, 0.3) is 0 Å². The van der Waals surface area contributed by atoms with Crippen LogP contribution >= 0.6 is 0 Å². The first-order valence-electron chi connectivity index (χ1n) is 4.93. The van der Waals surface area contributed by atoms with Gasteiger partial charge in [0.05, 0.1) is 5.75 Å². The molecule has 0 radical (unpaired) electrons. The monoisotopic (exact) mass is 236 g/mol. The van der Waals surface area contributed by atoms with Gasteiger partial charge >= 0.3 is 0 Å². The van der Waals surface area contributed by atoms with E-state index in [1.807, 2.05) is 13.8 Å². The van der Waals surface area contributed by atoms with E-state index in [4.69, 9.17) is 5.73 Å². The molecule has 1 atom stereocenters. The van der Waals surface area contributed by atoms with Crippen LogP contribution in [0.4, 0.5) is 0 Å². The molecule has 0 bridgehead atoms. The molecule has 0 aliphatic carbocycles. The molecule has 0 saturated heterocycles. The van der Waals surface area contributed by atoms with Crippen LogP contribution < -0.4 is 11.1 Å². The van der Waals surface area contributed by atoms with Gasteiger partial charge < -0.3 is 11.1 Å². The normalized spacial score (nSPS) is 13.9. The first-order chi connectivity index (χ1) is 6.76. The van der Waals surface area contributed by atoms with Crippen molar-refractivity contribution < 1.29 is 13.2 Å². The maximum absolute atomic E-state index is 11.3. The Hall–Kier alpha value is -0.620. The van der Waals surface area contributed by atoms with E-state index in [9.17, 15) is 13.2 Å². The van der Waals surface area contributed by atoms with E-state index in [1.54, 1.807) is 0 Å². The first-order valence-corrected chi connectivity index (χ1v) is 6.99. The van der Waals surface area contributed by atoms with Crippen molar-refractivity contribution >= 4 is 15.7 Å². The molecule has 0 aromatic carbocycles. The van der Waals surface area contributed by atoms with E-state index in [-0.39, 0.29) is 30.0 Å². The minimum Gasteiger partial charge on any atom is -0.352 e. The molecule has 0 aliphatic rings. The quantitative estimate of drug-likeness (QED) is 0.652. The van der Waals surface area contributed by atoms with Gasteiger partial charge in [-0.25, -0.2) is 8.42 Å². The van der Waals surface area contributed by atoms with Crippen molar-refractivity contribution in [2.45, 2.75) is 26.3 Å². The third-order valence-electron chi connectivity index (χ3n) is 2.10. The molecule has 0 aliphatic heterocycles. The Morgan fingerprint density at radius 1 is 1.40 bits per heavy atom. The average molecular weight is 236 g/mol. The zero-order chi connectivity index (χ0) is 12.1. The fourth-order valence-electron chi connectivity index (χ4n) is 1.05. The van der Waals surface area contributed by atoms with Crippen LogP contribution in [0.2, 0.25) is 0 Å². The fourth-order valence-corrected chi connectivity index (χ4v) is 1.61. The summed E-state index contributed by atoms with van der Waals surface area (Å²) in [5, 5.41) is 2.71. The topological polar surface area (TPSA) is 89.3 Å². The van der Waals surface area contributed by atoms with Crippen LogP contribution in [-0.2, 0) is 14.6 Å². The van der Waals surface area contributed by atoms with E-state index in [2.05, 4.69) is 5.32 Å². The fraction of sp³-hybridized carbons (Fsp3) is 0.889. The Bertz CT molecular complexity index is 298. The third kappa shape index (κ3) is 7.33. The second-order valence-corrected chi connectivity index (χ2v) is 6.29. The van der Waals surface area contributed by atoms with Gasteiger partial charge in [-0.1, -0.05) is 13.8 Å². The molecule has 5 nitrogen and oxygen atoms in total. The first kappa shape index (κ1) is 14.4. The van der Waals surface area contributed by atoms with E-state index in [0.717, 1.165) is 6.26 Å². The number of carbonyl (C=O) groups excluding carboxylic acids is 1. The lowest BCUT2D eigenvalue weighted by Gasteiger charge is -2.20. The highest BCUT2D eigenvalue weighted by atomic mass is 32.2. The Morgan fingerprint density at radius 2 is 1.93 bits per heavy atom. The van der Waals surface area contributed by atoms with Crippen LogP contribution in [0, 0.1) is 5.92 Å². The van der Waals surface area contributed by atoms with Crippen LogP contribution in [0.5, 0.6) is 0 Å². The Balaban J connectivity index is 4.03. The summed E-state index contributed by atoms with van der Waals surface area (Å²) >= 11 is 0. The van der Waals surface area contributed by atoms with Crippen molar-refractivity contribution in [2.24, 2.45) is 11.7 Å². The van der Waals surface area contributed by atoms with E-state index in [0.29, 0.717) is 6.54 Å². The standard InChI is InChI=1S/C9H20N2O3S/c1-7(2)8(6-10)11-9(12)4-5-15(3,13)14/h7-8H,4-6,10H2,1-3H3,(H,11,12). The maximum atomic E-state index is 11.3. The van der Waals surface area contributed by atoms with Crippen molar-refractivity contribution in [1.82, 2.24) is 5.32 Å². The van der Waals surface area contributed by atoms with Crippen LogP contribution in [0.15, 0.2) is 0 Å². The molecular weight excluding hydrogens is 216 g/mol. The maximum Gasteiger partial charge on any atom is 0.221 e. The van der Waals surface area contributed by atoms with Crippen molar-refractivity contribution in [2.75, 3.05) is 18.6 Å². The summed E-state index contributed by atoms with van der Waals surface area (Å²) in [7, 11) is -3.07. The number of amides is 1. The molecule has 0 heterocycles. The summed E-state index contributed by atoms with van der Waals surface area (Å²) in [5.74, 6) is -0.129. The summed E-state index contributed by atoms with van der Waals surface area (Å²) < 4.78 is 21.6. The largest absolute Gasteiger partial charge is 0.352 e. The molecule has 1 amide bonds. The summed E-state index contributed by atoms with van der Waals surface area (Å²) in [6.07, 6.45) is 1.12. The predicted molar refractivity (Wildman–Crippen MR) is 60.2 cm³/mol. The summed E-state index contributed by atoms with van der Waals surface area (Å²) in [6, 6.07) is -0.0861. The lowest BCUT2D eigenvalue weighted by Crippen LogP contribution is -2.44. The van der Waals surface area contributed by atoms with Crippen LogP contribution in [-0.4, -0.2) is 38.9 Å². The molecule has 0 aromatic heterocycles. The number of nitrogens with two attached hydrogens (primary N) is 1. The van der Waals surface area contributed by atoms with Crippen molar-refractivity contribution in [3.63, 3.8) is 0 Å². The van der Waals surface area contributed by atoms with Gasteiger partial charge in [-0.2, -0.15) is 0 Å². The molecule has 3 N–H and O–H groups in total.